The van der Waals surface area contributed by atoms with E-state index in [1.807, 2.05) is 61.5 Å². The number of aromatic nitrogens is 2. The van der Waals surface area contributed by atoms with Crippen LogP contribution in [0.4, 0.5) is 10.8 Å². The summed E-state index contributed by atoms with van der Waals surface area (Å²) in [4.78, 5) is 24.4. The molecule has 1 heterocycles. The summed E-state index contributed by atoms with van der Waals surface area (Å²) < 4.78 is 5.49. The second-order valence-corrected chi connectivity index (χ2v) is 8.69. The molecule has 9 heteroatoms. The fourth-order valence-electron chi connectivity index (χ4n) is 2.63. The Morgan fingerprint density at radius 3 is 2.53 bits per heavy atom. The van der Waals surface area contributed by atoms with Crippen molar-refractivity contribution in [2.45, 2.75) is 23.7 Å². The van der Waals surface area contributed by atoms with Gasteiger partial charge in [0.25, 0.3) is 0 Å². The highest BCUT2D eigenvalue weighted by molar-refractivity contribution is 8.01. The molecule has 1 atom stereocenters. The summed E-state index contributed by atoms with van der Waals surface area (Å²) in [5.74, 6) is -0.617. The monoisotopic (exact) mass is 442 g/mol. The van der Waals surface area contributed by atoms with Crippen molar-refractivity contribution in [3.63, 3.8) is 0 Å². The van der Waals surface area contributed by atoms with Gasteiger partial charge in [-0.3, -0.25) is 4.79 Å². The maximum absolute atomic E-state index is 12.4. The van der Waals surface area contributed by atoms with Crippen LogP contribution in [0.15, 0.2) is 58.9 Å². The number of hydrogen-bond acceptors (Lipinski definition) is 8. The molecule has 0 spiro atoms. The van der Waals surface area contributed by atoms with E-state index in [4.69, 9.17) is 4.74 Å². The summed E-state index contributed by atoms with van der Waals surface area (Å²) in [7, 11) is 1.31. The van der Waals surface area contributed by atoms with Gasteiger partial charge in [0, 0.05) is 12.1 Å². The maximum atomic E-state index is 12.4. The van der Waals surface area contributed by atoms with Crippen molar-refractivity contribution in [3.8, 4) is 0 Å². The van der Waals surface area contributed by atoms with Crippen LogP contribution in [0.25, 0.3) is 0 Å². The Morgan fingerprint density at radius 1 is 1.10 bits per heavy atom. The summed E-state index contributed by atoms with van der Waals surface area (Å²) in [5.41, 5.74) is 3.04. The van der Waals surface area contributed by atoms with E-state index in [1.54, 1.807) is 0 Å². The van der Waals surface area contributed by atoms with E-state index in [1.165, 1.54) is 35.8 Å². The number of nitrogens with one attached hydrogen (secondary N) is 2. The average molecular weight is 443 g/mol. The summed E-state index contributed by atoms with van der Waals surface area (Å²) >= 11 is 2.63. The molecule has 7 nitrogen and oxygen atoms in total. The van der Waals surface area contributed by atoms with Gasteiger partial charge in [-0.25, -0.2) is 4.79 Å². The molecule has 2 N–H and O–H groups in total. The van der Waals surface area contributed by atoms with E-state index in [-0.39, 0.29) is 11.7 Å². The first-order valence-electron chi connectivity index (χ1n) is 9.24. The van der Waals surface area contributed by atoms with Gasteiger partial charge < -0.3 is 15.4 Å². The first-order chi connectivity index (χ1) is 14.5. The summed E-state index contributed by atoms with van der Waals surface area (Å²) in [6, 6.07) is 16.7. The Labute approximate surface area is 183 Å². The number of amides is 1. The summed E-state index contributed by atoms with van der Waals surface area (Å²) in [5, 5.41) is 14.8. The van der Waals surface area contributed by atoms with Crippen LogP contribution >= 0.6 is 23.1 Å². The number of hydrogen-bond donors (Lipinski definition) is 2. The second kappa shape index (κ2) is 10.7. The van der Waals surface area contributed by atoms with Crippen molar-refractivity contribution in [2.75, 3.05) is 18.2 Å². The number of methoxy groups -OCH3 is 1. The van der Waals surface area contributed by atoms with Gasteiger partial charge in [-0.1, -0.05) is 71.1 Å². The number of ether oxygens (including phenoxy) is 1. The number of carbonyl (C=O) groups excluding carboxylic acids is 2. The smallest absolute Gasteiger partial charge is 0.328 e. The molecule has 3 aromatic rings. The standard InChI is InChI=1S/C21H22N4O3S2/c1-14-8-10-16(11-9-14)22-20-24-25-21(30-20)29-13-18(26)23-17(19(27)28-2)12-15-6-4-3-5-7-15/h3-11,17H,12-13H2,1-2H3,(H,22,24)(H,23,26). The number of aryl methyl sites for hydroxylation is 1. The molecule has 0 bridgehead atoms. The third-order valence-corrected chi connectivity index (χ3v) is 6.11. The number of anilines is 2. The Kier molecular flexibility index (Phi) is 7.81. The number of benzene rings is 2. The highest BCUT2D eigenvalue weighted by Gasteiger charge is 2.22. The number of thioether (sulfide) groups is 1. The molecule has 0 aliphatic carbocycles. The summed E-state index contributed by atoms with van der Waals surface area (Å²) in [6.45, 7) is 2.03. The lowest BCUT2D eigenvalue weighted by molar-refractivity contribution is -0.144. The fourth-order valence-corrected chi connectivity index (χ4v) is 4.21. The van der Waals surface area contributed by atoms with Crippen LogP contribution in [0.2, 0.25) is 0 Å². The Hall–Kier alpha value is -2.91. The van der Waals surface area contributed by atoms with Gasteiger partial charge in [0.15, 0.2) is 4.34 Å². The minimum Gasteiger partial charge on any atom is -0.467 e. The van der Waals surface area contributed by atoms with Gasteiger partial charge >= 0.3 is 5.97 Å². The van der Waals surface area contributed by atoms with E-state index in [0.29, 0.717) is 15.9 Å². The van der Waals surface area contributed by atoms with Crippen LogP contribution < -0.4 is 10.6 Å². The maximum Gasteiger partial charge on any atom is 0.328 e. The number of rotatable bonds is 9. The summed E-state index contributed by atoms with van der Waals surface area (Å²) in [6.07, 6.45) is 0.368. The molecule has 0 aliphatic rings. The van der Waals surface area contributed by atoms with Crippen molar-refractivity contribution < 1.29 is 14.3 Å². The van der Waals surface area contributed by atoms with Gasteiger partial charge in [-0.05, 0) is 24.6 Å². The third-order valence-electron chi connectivity index (χ3n) is 4.14. The zero-order valence-corrected chi connectivity index (χ0v) is 18.3. The molecular weight excluding hydrogens is 420 g/mol. The van der Waals surface area contributed by atoms with Crippen LogP contribution in [-0.4, -0.2) is 41.0 Å². The van der Waals surface area contributed by atoms with Gasteiger partial charge in [0.05, 0.1) is 12.9 Å². The lowest BCUT2D eigenvalue weighted by atomic mass is 10.1. The zero-order valence-electron chi connectivity index (χ0n) is 16.6. The van der Waals surface area contributed by atoms with Crippen LogP contribution in [0.5, 0.6) is 0 Å². The minimum absolute atomic E-state index is 0.126. The average Bonchev–Trinajstić information content (AvgIpc) is 3.21. The third kappa shape index (κ3) is 6.57. The fraction of sp³-hybridized carbons (Fsp3) is 0.238. The van der Waals surface area contributed by atoms with Gasteiger partial charge in [0.1, 0.15) is 6.04 Å². The molecule has 0 radical (unpaired) electrons. The van der Waals surface area contributed by atoms with Crippen molar-refractivity contribution in [3.05, 3.63) is 65.7 Å². The lowest BCUT2D eigenvalue weighted by Crippen LogP contribution is -2.43. The first-order valence-corrected chi connectivity index (χ1v) is 11.0. The largest absolute Gasteiger partial charge is 0.467 e. The quantitative estimate of drug-likeness (QED) is 0.386. The lowest BCUT2D eigenvalue weighted by Gasteiger charge is -2.16. The highest BCUT2D eigenvalue weighted by Crippen LogP contribution is 2.27. The number of esters is 1. The second-order valence-electron chi connectivity index (χ2n) is 6.49. The van der Waals surface area contributed by atoms with Crippen molar-refractivity contribution >= 4 is 45.8 Å². The molecule has 0 saturated heterocycles. The molecule has 30 heavy (non-hydrogen) atoms. The number of carbonyl (C=O) groups is 2. The van der Waals surface area contributed by atoms with E-state index in [2.05, 4.69) is 20.8 Å². The van der Waals surface area contributed by atoms with Gasteiger partial charge in [0.2, 0.25) is 11.0 Å². The Bertz CT molecular complexity index is 977. The zero-order chi connectivity index (χ0) is 21.3. The molecule has 1 unspecified atom stereocenters. The molecule has 1 aromatic heterocycles. The topological polar surface area (TPSA) is 93.2 Å². The molecule has 0 fully saturated rings. The molecule has 3 rings (SSSR count). The SMILES string of the molecule is COC(=O)C(Cc1ccccc1)NC(=O)CSc1nnc(Nc2ccc(C)cc2)s1. The van der Waals surface area contributed by atoms with Crippen molar-refractivity contribution in [1.29, 1.82) is 0 Å². The van der Waals surface area contributed by atoms with Crippen LogP contribution in [-0.2, 0) is 20.7 Å². The van der Waals surface area contributed by atoms with Crippen molar-refractivity contribution in [1.82, 2.24) is 15.5 Å². The van der Waals surface area contributed by atoms with E-state index in [9.17, 15) is 9.59 Å². The predicted octanol–water partition coefficient (Wildman–Crippen LogP) is 3.58. The van der Waals surface area contributed by atoms with E-state index >= 15 is 0 Å². The molecule has 0 aliphatic heterocycles. The molecule has 156 valence electrons. The molecule has 2 aromatic carbocycles. The predicted molar refractivity (Wildman–Crippen MR) is 119 cm³/mol. The van der Waals surface area contributed by atoms with Crippen LogP contribution in [0, 0.1) is 6.92 Å². The Balaban J connectivity index is 1.52. The Morgan fingerprint density at radius 2 is 1.83 bits per heavy atom. The first kappa shape index (κ1) is 21.8. The molecule has 1 amide bonds. The molecular formula is C21H22N4O3S2. The highest BCUT2D eigenvalue weighted by atomic mass is 32.2. The van der Waals surface area contributed by atoms with Crippen molar-refractivity contribution in [2.24, 2.45) is 0 Å². The van der Waals surface area contributed by atoms with E-state index < -0.39 is 12.0 Å². The molecule has 0 saturated carbocycles. The van der Waals surface area contributed by atoms with Gasteiger partial charge in [-0.15, -0.1) is 10.2 Å². The minimum atomic E-state index is -0.737. The van der Waals surface area contributed by atoms with Crippen LogP contribution in [0.3, 0.4) is 0 Å². The van der Waals surface area contributed by atoms with Gasteiger partial charge in [-0.2, -0.15) is 0 Å². The normalized spacial score (nSPS) is 11.5. The van der Waals surface area contributed by atoms with Crippen LogP contribution in [0.1, 0.15) is 11.1 Å². The van der Waals surface area contributed by atoms with E-state index in [0.717, 1.165) is 11.3 Å². The number of nitrogens with zero attached hydrogens (tertiary/aromatic N) is 2.